The Balaban J connectivity index is 1.69. The number of nitrogens with zero attached hydrogens (tertiary/aromatic N) is 2. The largest absolute Gasteiger partial charge is 0.459 e. The zero-order chi connectivity index (χ0) is 20.3. The van der Waals surface area contributed by atoms with Crippen molar-refractivity contribution in [3.05, 3.63) is 59.5 Å². The van der Waals surface area contributed by atoms with Crippen LogP contribution in [0.2, 0.25) is 0 Å². The summed E-state index contributed by atoms with van der Waals surface area (Å²) >= 11 is 1.64. The Morgan fingerprint density at radius 3 is 2.54 bits per heavy atom. The topological polar surface area (TPSA) is 53.8 Å². The van der Waals surface area contributed by atoms with Gasteiger partial charge in [-0.2, -0.15) is 0 Å². The number of hydrogen-bond donors (Lipinski definition) is 0. The van der Waals surface area contributed by atoms with Crippen LogP contribution in [0.1, 0.15) is 54.8 Å². The summed E-state index contributed by atoms with van der Waals surface area (Å²) in [5.41, 5.74) is 2.51. The molecule has 1 aliphatic rings. The Kier molecular flexibility index (Phi) is 6.18. The highest BCUT2D eigenvalue weighted by atomic mass is 32.2. The summed E-state index contributed by atoms with van der Waals surface area (Å²) in [7, 11) is 0. The van der Waals surface area contributed by atoms with Crippen molar-refractivity contribution >= 4 is 23.6 Å². The molecule has 2 amide bonds. The molecule has 3 rings (SSSR count). The van der Waals surface area contributed by atoms with Gasteiger partial charge in [-0.05, 0) is 35.6 Å². The van der Waals surface area contributed by atoms with E-state index < -0.39 is 0 Å². The minimum absolute atomic E-state index is 0.000982. The Morgan fingerprint density at radius 2 is 1.96 bits per heavy atom. The molecule has 6 heteroatoms. The molecule has 28 heavy (non-hydrogen) atoms. The number of carbonyl (C=O) groups excluding carboxylic acids is 2. The van der Waals surface area contributed by atoms with Crippen LogP contribution < -0.4 is 0 Å². The van der Waals surface area contributed by atoms with Gasteiger partial charge >= 0.3 is 0 Å². The van der Waals surface area contributed by atoms with Crippen molar-refractivity contribution in [2.24, 2.45) is 0 Å². The lowest BCUT2D eigenvalue weighted by Gasteiger charge is -2.28. The van der Waals surface area contributed by atoms with Crippen molar-refractivity contribution in [3.8, 4) is 0 Å². The molecule has 1 saturated heterocycles. The van der Waals surface area contributed by atoms with Crippen molar-refractivity contribution in [1.29, 1.82) is 0 Å². The average molecular weight is 401 g/mol. The lowest BCUT2D eigenvalue weighted by atomic mass is 9.87. The summed E-state index contributed by atoms with van der Waals surface area (Å²) < 4.78 is 5.22. The first kappa shape index (κ1) is 20.5. The summed E-state index contributed by atoms with van der Waals surface area (Å²) in [4.78, 5) is 28.6. The smallest absolute Gasteiger partial charge is 0.289 e. The van der Waals surface area contributed by atoms with E-state index in [-0.39, 0.29) is 22.6 Å². The van der Waals surface area contributed by atoms with Gasteiger partial charge in [-0.25, -0.2) is 0 Å². The SMILES string of the molecule is CCN(CCN1C(=O)CS[C@@H]1c1ccc(C(C)(C)C)cc1)C(=O)c1ccco1. The maximum atomic E-state index is 12.5. The predicted octanol–water partition coefficient (Wildman–Crippen LogP) is 4.31. The lowest BCUT2D eigenvalue weighted by Crippen LogP contribution is -2.40. The number of carbonyl (C=O) groups is 2. The molecule has 5 nitrogen and oxygen atoms in total. The van der Waals surface area contributed by atoms with E-state index in [2.05, 4.69) is 45.0 Å². The van der Waals surface area contributed by atoms with Crippen LogP contribution in [0.4, 0.5) is 0 Å². The molecule has 0 N–H and O–H groups in total. The summed E-state index contributed by atoms with van der Waals surface area (Å²) in [6.07, 6.45) is 1.50. The van der Waals surface area contributed by atoms with Gasteiger partial charge in [0.15, 0.2) is 5.76 Å². The Bertz CT molecular complexity index is 809. The molecule has 0 saturated carbocycles. The number of rotatable bonds is 6. The van der Waals surface area contributed by atoms with Crippen molar-refractivity contribution in [3.63, 3.8) is 0 Å². The Morgan fingerprint density at radius 1 is 1.25 bits per heavy atom. The molecule has 2 aromatic rings. The van der Waals surface area contributed by atoms with Crippen LogP contribution in [0, 0.1) is 0 Å². The molecule has 150 valence electrons. The van der Waals surface area contributed by atoms with Gasteiger partial charge in [0, 0.05) is 19.6 Å². The van der Waals surface area contributed by atoms with Crippen molar-refractivity contribution in [2.75, 3.05) is 25.4 Å². The third-order valence-electron chi connectivity index (χ3n) is 5.04. The Hall–Kier alpha value is -2.21. The van der Waals surface area contributed by atoms with Crippen molar-refractivity contribution in [2.45, 2.75) is 38.5 Å². The van der Waals surface area contributed by atoms with Gasteiger partial charge in [0.2, 0.25) is 5.91 Å². The third-order valence-corrected chi connectivity index (χ3v) is 6.30. The number of thioether (sulfide) groups is 1. The zero-order valence-corrected chi connectivity index (χ0v) is 17.8. The van der Waals surface area contributed by atoms with E-state index in [0.29, 0.717) is 31.1 Å². The maximum Gasteiger partial charge on any atom is 0.289 e. The maximum absolute atomic E-state index is 12.5. The van der Waals surface area contributed by atoms with E-state index in [1.165, 1.54) is 11.8 Å². The zero-order valence-electron chi connectivity index (χ0n) is 17.0. The van der Waals surface area contributed by atoms with Crippen LogP contribution in [0.3, 0.4) is 0 Å². The van der Waals surface area contributed by atoms with Crippen LogP contribution in [0.25, 0.3) is 0 Å². The number of amides is 2. The molecular weight excluding hydrogens is 372 g/mol. The van der Waals surface area contributed by atoms with Crippen molar-refractivity contribution in [1.82, 2.24) is 9.80 Å². The average Bonchev–Trinajstić information content (AvgIpc) is 3.32. The van der Waals surface area contributed by atoms with E-state index in [9.17, 15) is 9.59 Å². The van der Waals surface area contributed by atoms with E-state index in [1.54, 1.807) is 28.8 Å². The van der Waals surface area contributed by atoms with E-state index in [1.807, 2.05) is 11.8 Å². The fourth-order valence-corrected chi connectivity index (χ4v) is 4.53. The third kappa shape index (κ3) is 4.43. The van der Waals surface area contributed by atoms with E-state index in [4.69, 9.17) is 4.42 Å². The van der Waals surface area contributed by atoms with Gasteiger partial charge in [-0.15, -0.1) is 11.8 Å². The van der Waals surface area contributed by atoms with Crippen LogP contribution in [-0.4, -0.2) is 47.0 Å². The second-order valence-electron chi connectivity index (χ2n) is 7.98. The minimum atomic E-state index is -0.141. The predicted molar refractivity (Wildman–Crippen MR) is 112 cm³/mol. The standard InChI is InChI=1S/C22H28N2O3S/c1-5-23(20(26)18-7-6-14-27-18)12-13-24-19(25)15-28-21(24)16-8-10-17(11-9-16)22(2,3)4/h6-11,14,21H,5,12-13,15H2,1-4H3/t21-/m1/s1. The second-order valence-corrected chi connectivity index (χ2v) is 9.05. The lowest BCUT2D eigenvalue weighted by molar-refractivity contribution is -0.128. The molecule has 2 heterocycles. The van der Waals surface area contributed by atoms with Gasteiger partial charge in [-0.3, -0.25) is 9.59 Å². The molecule has 0 spiro atoms. The number of furan rings is 1. The fourth-order valence-electron chi connectivity index (χ4n) is 3.31. The molecule has 1 aliphatic heterocycles. The number of benzene rings is 1. The van der Waals surface area contributed by atoms with Crippen LogP contribution in [0.5, 0.6) is 0 Å². The van der Waals surface area contributed by atoms with Crippen LogP contribution >= 0.6 is 11.8 Å². The molecular formula is C22H28N2O3S. The Labute approximate surface area is 171 Å². The monoisotopic (exact) mass is 400 g/mol. The van der Waals surface area contributed by atoms with Crippen LogP contribution in [0.15, 0.2) is 47.1 Å². The van der Waals surface area contributed by atoms with Gasteiger partial charge in [0.25, 0.3) is 5.91 Å². The summed E-state index contributed by atoms with van der Waals surface area (Å²) in [6, 6.07) is 11.9. The summed E-state index contributed by atoms with van der Waals surface area (Å²) in [5.74, 6) is 0.789. The van der Waals surface area contributed by atoms with Gasteiger partial charge in [0.1, 0.15) is 5.37 Å². The molecule has 1 aromatic carbocycles. The molecule has 1 aromatic heterocycles. The molecule has 0 bridgehead atoms. The molecule has 0 unspecified atom stereocenters. The number of likely N-dealkylation sites (N-methyl/N-ethyl adjacent to an activating group) is 1. The summed E-state index contributed by atoms with van der Waals surface area (Å²) in [5, 5.41) is -0.000982. The van der Waals surface area contributed by atoms with E-state index >= 15 is 0 Å². The highest BCUT2D eigenvalue weighted by Gasteiger charge is 2.33. The quantitative estimate of drug-likeness (QED) is 0.725. The van der Waals surface area contributed by atoms with Gasteiger partial charge in [-0.1, -0.05) is 45.0 Å². The fraction of sp³-hybridized carbons (Fsp3) is 0.455. The molecule has 1 fully saturated rings. The highest BCUT2D eigenvalue weighted by molar-refractivity contribution is 8.00. The summed E-state index contributed by atoms with van der Waals surface area (Å²) in [6.45, 7) is 10.1. The van der Waals surface area contributed by atoms with Gasteiger partial charge in [0.05, 0.1) is 12.0 Å². The normalized spacial score (nSPS) is 17.2. The van der Waals surface area contributed by atoms with Crippen molar-refractivity contribution < 1.29 is 14.0 Å². The van der Waals surface area contributed by atoms with E-state index in [0.717, 1.165) is 5.56 Å². The first-order valence-electron chi connectivity index (χ1n) is 9.65. The molecule has 0 radical (unpaired) electrons. The van der Waals surface area contributed by atoms with Gasteiger partial charge < -0.3 is 14.2 Å². The highest BCUT2D eigenvalue weighted by Crippen LogP contribution is 2.39. The molecule has 0 aliphatic carbocycles. The first-order chi connectivity index (χ1) is 13.3. The minimum Gasteiger partial charge on any atom is -0.459 e. The number of hydrogen-bond acceptors (Lipinski definition) is 4. The molecule has 1 atom stereocenters. The first-order valence-corrected chi connectivity index (χ1v) is 10.7. The second kappa shape index (κ2) is 8.43. The van der Waals surface area contributed by atoms with Crippen LogP contribution in [-0.2, 0) is 10.2 Å².